The van der Waals surface area contributed by atoms with Crippen molar-refractivity contribution >= 4 is 5.91 Å². The van der Waals surface area contributed by atoms with Crippen molar-refractivity contribution in [3.63, 3.8) is 0 Å². The molecule has 1 aliphatic heterocycles. The van der Waals surface area contributed by atoms with Crippen LogP contribution in [0.1, 0.15) is 61.2 Å². The summed E-state index contributed by atoms with van der Waals surface area (Å²) in [5.74, 6) is 0.231. The van der Waals surface area contributed by atoms with E-state index in [9.17, 15) is 9.59 Å². The fraction of sp³-hybridized carbons (Fsp3) is 0.667. The van der Waals surface area contributed by atoms with Gasteiger partial charge in [0.2, 0.25) is 0 Å². The molecule has 0 saturated carbocycles. The summed E-state index contributed by atoms with van der Waals surface area (Å²) in [4.78, 5) is 25.2. The third-order valence-corrected chi connectivity index (χ3v) is 5.03. The first-order valence-corrected chi connectivity index (χ1v) is 8.65. The van der Waals surface area contributed by atoms with Gasteiger partial charge in [0.15, 0.2) is 0 Å². The first-order valence-electron chi connectivity index (χ1n) is 8.65. The molecule has 5 nitrogen and oxygen atoms in total. The Morgan fingerprint density at radius 1 is 1.30 bits per heavy atom. The number of quaternary nitrogens is 1. The van der Waals surface area contributed by atoms with Crippen LogP contribution in [0.15, 0.2) is 15.3 Å². The molecule has 2 rings (SSSR count). The monoisotopic (exact) mass is 321 g/mol. The lowest BCUT2D eigenvalue weighted by atomic mass is 9.97. The minimum Gasteiger partial charge on any atom is -0.427 e. The number of likely N-dealkylation sites (tertiary alicyclic amines) is 1. The fourth-order valence-electron chi connectivity index (χ4n) is 3.76. The summed E-state index contributed by atoms with van der Waals surface area (Å²) in [6, 6.07) is 2.79. The second-order valence-electron chi connectivity index (χ2n) is 6.85. The Labute approximate surface area is 138 Å². The van der Waals surface area contributed by atoms with E-state index in [1.165, 1.54) is 25.3 Å². The van der Waals surface area contributed by atoms with Crippen LogP contribution in [-0.4, -0.2) is 31.1 Å². The molecule has 0 spiro atoms. The topological polar surface area (TPSA) is 63.8 Å². The number of amides is 1. The summed E-state index contributed by atoms with van der Waals surface area (Å²) in [6.07, 6.45) is 4.89. The average molecular weight is 321 g/mol. The van der Waals surface area contributed by atoms with Crippen molar-refractivity contribution in [1.82, 2.24) is 5.32 Å². The number of rotatable bonds is 5. The van der Waals surface area contributed by atoms with E-state index in [0.29, 0.717) is 35.5 Å². The van der Waals surface area contributed by atoms with Crippen LogP contribution in [0.25, 0.3) is 0 Å². The van der Waals surface area contributed by atoms with Crippen LogP contribution >= 0.6 is 0 Å². The largest absolute Gasteiger partial charge is 0.427 e. The predicted molar refractivity (Wildman–Crippen MR) is 90.0 cm³/mol. The van der Waals surface area contributed by atoms with Gasteiger partial charge in [-0.1, -0.05) is 0 Å². The van der Waals surface area contributed by atoms with E-state index in [1.807, 2.05) is 0 Å². The lowest BCUT2D eigenvalue weighted by Crippen LogP contribution is -3.19. The number of hydrogen-bond donors (Lipinski definition) is 2. The van der Waals surface area contributed by atoms with Crippen molar-refractivity contribution in [1.29, 1.82) is 0 Å². The molecule has 0 radical (unpaired) electrons. The number of carbonyl (C=O) groups excluding carboxylic acids is 1. The Morgan fingerprint density at radius 3 is 2.57 bits per heavy atom. The van der Waals surface area contributed by atoms with Gasteiger partial charge in [-0.2, -0.15) is 0 Å². The van der Waals surface area contributed by atoms with Crippen LogP contribution in [-0.2, 0) is 0 Å². The van der Waals surface area contributed by atoms with Gasteiger partial charge in [-0.05, 0) is 52.5 Å². The molecule has 1 fully saturated rings. The van der Waals surface area contributed by atoms with Gasteiger partial charge in [0.05, 0.1) is 24.2 Å². The number of carbonyl (C=O) groups is 1. The quantitative estimate of drug-likeness (QED) is 0.802. The number of aryl methyl sites for hydroxylation is 2. The van der Waals surface area contributed by atoms with Crippen LogP contribution in [0, 0.1) is 13.8 Å². The molecule has 1 saturated heterocycles. The fourth-order valence-corrected chi connectivity index (χ4v) is 3.76. The third-order valence-electron chi connectivity index (χ3n) is 5.03. The minimum atomic E-state index is -0.409. The number of piperidine rings is 1. The molecule has 2 N–H and O–H groups in total. The van der Waals surface area contributed by atoms with Crippen molar-refractivity contribution in [3.05, 3.63) is 33.4 Å². The zero-order valence-electron chi connectivity index (χ0n) is 14.7. The summed E-state index contributed by atoms with van der Waals surface area (Å²) < 4.78 is 5.02. The van der Waals surface area contributed by atoms with E-state index in [0.717, 1.165) is 13.0 Å². The molecule has 2 heterocycles. The highest BCUT2D eigenvalue weighted by Gasteiger charge is 2.27. The van der Waals surface area contributed by atoms with Crippen LogP contribution in [0.3, 0.4) is 0 Å². The van der Waals surface area contributed by atoms with Crippen LogP contribution in [0.4, 0.5) is 0 Å². The molecule has 5 heteroatoms. The molecule has 1 amide bonds. The second-order valence-corrected chi connectivity index (χ2v) is 6.85. The van der Waals surface area contributed by atoms with Crippen molar-refractivity contribution in [2.75, 3.05) is 13.1 Å². The van der Waals surface area contributed by atoms with Gasteiger partial charge in [0.25, 0.3) is 5.91 Å². The molecule has 0 aliphatic carbocycles. The van der Waals surface area contributed by atoms with E-state index < -0.39 is 5.63 Å². The van der Waals surface area contributed by atoms with E-state index in [-0.39, 0.29) is 5.91 Å². The molecule has 1 aromatic rings. The zero-order chi connectivity index (χ0) is 17.0. The van der Waals surface area contributed by atoms with Gasteiger partial charge in [-0.3, -0.25) is 4.79 Å². The van der Waals surface area contributed by atoms with Crippen LogP contribution in [0.2, 0.25) is 0 Å². The van der Waals surface area contributed by atoms with E-state index in [1.54, 1.807) is 18.7 Å². The second kappa shape index (κ2) is 7.77. The maximum absolute atomic E-state index is 12.3. The lowest BCUT2D eigenvalue weighted by molar-refractivity contribution is -0.951. The van der Waals surface area contributed by atoms with Gasteiger partial charge in [-0.25, -0.2) is 4.79 Å². The van der Waals surface area contributed by atoms with Crippen LogP contribution < -0.4 is 15.8 Å². The van der Waals surface area contributed by atoms with Crippen molar-refractivity contribution in [2.45, 2.75) is 65.5 Å². The Morgan fingerprint density at radius 2 is 1.96 bits per heavy atom. The Balaban J connectivity index is 1.85. The van der Waals surface area contributed by atoms with Crippen molar-refractivity contribution in [3.8, 4) is 0 Å². The molecule has 0 aromatic carbocycles. The van der Waals surface area contributed by atoms with E-state index in [4.69, 9.17) is 4.42 Å². The highest BCUT2D eigenvalue weighted by atomic mass is 16.4. The average Bonchev–Trinajstić information content (AvgIpc) is 2.44. The SMILES string of the molecule is Cc1cc(=O)oc(C)c1C(=O)NCCC[NH+]1[C@@H](C)CCC[C@@H]1C. The minimum absolute atomic E-state index is 0.154. The Kier molecular flexibility index (Phi) is 5.99. The molecule has 23 heavy (non-hydrogen) atoms. The highest BCUT2D eigenvalue weighted by Crippen LogP contribution is 2.10. The van der Waals surface area contributed by atoms with Gasteiger partial charge in [0, 0.05) is 19.0 Å². The Hall–Kier alpha value is -1.62. The summed E-state index contributed by atoms with van der Waals surface area (Å²) in [7, 11) is 0. The summed E-state index contributed by atoms with van der Waals surface area (Å²) in [5.41, 5.74) is 0.741. The number of hydrogen-bond acceptors (Lipinski definition) is 3. The highest BCUT2D eigenvalue weighted by molar-refractivity contribution is 5.96. The van der Waals surface area contributed by atoms with Gasteiger partial charge >= 0.3 is 5.63 Å². The van der Waals surface area contributed by atoms with Gasteiger partial charge in [0.1, 0.15) is 5.76 Å². The summed E-state index contributed by atoms with van der Waals surface area (Å²) in [6.45, 7) is 9.80. The molecular weight excluding hydrogens is 292 g/mol. The van der Waals surface area contributed by atoms with Crippen LogP contribution in [0.5, 0.6) is 0 Å². The molecule has 1 aromatic heterocycles. The van der Waals surface area contributed by atoms with Crippen molar-refractivity contribution in [2.24, 2.45) is 0 Å². The standard InChI is InChI=1S/C18H28N2O3/c1-12-11-16(21)23-15(4)17(12)18(22)19-9-6-10-20-13(2)7-5-8-14(20)3/h11,13-14H,5-10H2,1-4H3,(H,19,22)/p+1/t13-,14-/m0/s1. The first kappa shape index (κ1) is 17.7. The molecule has 1 aliphatic rings. The normalized spacial score (nSPS) is 22.1. The van der Waals surface area contributed by atoms with E-state index in [2.05, 4.69) is 19.2 Å². The molecule has 0 unspecified atom stereocenters. The maximum Gasteiger partial charge on any atom is 0.336 e. The predicted octanol–water partition coefficient (Wildman–Crippen LogP) is 1.22. The maximum atomic E-state index is 12.3. The molecular formula is C18H29N2O3+. The third kappa shape index (κ3) is 4.44. The zero-order valence-corrected chi connectivity index (χ0v) is 14.7. The van der Waals surface area contributed by atoms with Gasteiger partial charge in [-0.15, -0.1) is 0 Å². The smallest absolute Gasteiger partial charge is 0.336 e. The molecule has 128 valence electrons. The summed E-state index contributed by atoms with van der Waals surface area (Å²) >= 11 is 0. The first-order chi connectivity index (χ1) is 10.9. The number of nitrogens with one attached hydrogen (secondary N) is 2. The molecule has 2 atom stereocenters. The van der Waals surface area contributed by atoms with Crippen molar-refractivity contribution < 1.29 is 14.1 Å². The van der Waals surface area contributed by atoms with Gasteiger partial charge < -0.3 is 14.6 Å². The molecule has 0 bridgehead atoms. The summed E-state index contributed by atoms with van der Waals surface area (Å²) in [5, 5.41) is 2.96. The van der Waals surface area contributed by atoms with E-state index >= 15 is 0 Å². The lowest BCUT2D eigenvalue weighted by Gasteiger charge is -2.35. The Bertz CT molecular complexity index is 573.